The van der Waals surface area contributed by atoms with Gasteiger partial charge in [-0.05, 0) is 0 Å². The van der Waals surface area contributed by atoms with Gasteiger partial charge in [-0.25, -0.2) is 0 Å². The van der Waals surface area contributed by atoms with Crippen molar-refractivity contribution in [1.82, 2.24) is 0 Å². The molecule has 0 aromatic heterocycles. The Morgan fingerprint density at radius 2 is 0.500 bits per heavy atom. The van der Waals surface area contributed by atoms with Gasteiger partial charge in [-0.3, -0.25) is 0 Å². The first-order valence-corrected chi connectivity index (χ1v) is 0. The largest absolute Gasteiger partial charge is 2.00 e. The quantitative estimate of drug-likeness (QED) is 0.436. The minimum Gasteiger partial charge on any atom is -2.00 e. The molecule has 0 fully saturated rings. The maximum atomic E-state index is 0. The van der Waals surface area contributed by atoms with Crippen molar-refractivity contribution in [3.05, 3.63) is 0 Å². The molecule has 0 spiro atoms. The fourth-order valence-electron chi connectivity index (χ4n) is 0. The monoisotopic (exact) mass is 186 g/mol. The van der Waals surface area contributed by atoms with Gasteiger partial charge in [-0.2, -0.15) is 0 Å². The van der Waals surface area contributed by atoms with Crippen molar-refractivity contribution in [2.45, 2.75) is 0 Å². The second kappa shape index (κ2) is 105. The van der Waals surface area contributed by atoms with Gasteiger partial charge >= 0.3 is 23.1 Å². The normalized spacial score (nSPS) is 0. The van der Waals surface area contributed by atoms with Gasteiger partial charge < -0.3 is 21.9 Å². The zero-order chi connectivity index (χ0) is 0. The second-order valence-corrected chi connectivity index (χ2v) is 0. The van der Waals surface area contributed by atoms with Crippen LogP contribution in [0, 0.1) is 0 Å². The molecule has 0 bridgehead atoms. The molecule has 0 rings (SSSR count). The summed E-state index contributed by atoms with van der Waals surface area (Å²) in [5, 5.41) is 0. The van der Waals surface area contributed by atoms with Gasteiger partial charge in [0.25, 0.3) is 0 Å². The molecular weight excluding hydrogens is 184 g/mol. The van der Waals surface area contributed by atoms with Crippen molar-refractivity contribution in [1.29, 1.82) is 0 Å². The zero-order valence-corrected chi connectivity index (χ0v) is 6.17. The van der Waals surface area contributed by atoms with Crippen LogP contribution in [0.3, 0.4) is 0 Å². The van der Waals surface area contributed by atoms with Gasteiger partial charge in [0, 0.05) is 21.1 Å². The standard InChI is InChI=1S/Mg.Mo.4O/q+2;;4*-2. The SMILES string of the molecule is [Mg+2].[Mo].[O-2].[O-2].[O-2].[O-2]. The molecule has 0 aromatic carbocycles. The third-order valence-corrected chi connectivity index (χ3v) is 0. The van der Waals surface area contributed by atoms with Gasteiger partial charge in [0.1, 0.15) is 0 Å². The van der Waals surface area contributed by atoms with Crippen LogP contribution in [0.5, 0.6) is 0 Å². The van der Waals surface area contributed by atoms with E-state index in [2.05, 4.69) is 0 Å². The van der Waals surface area contributed by atoms with Crippen LogP contribution in [-0.4, -0.2) is 23.1 Å². The first kappa shape index (κ1) is 172. The van der Waals surface area contributed by atoms with E-state index >= 15 is 0 Å². The van der Waals surface area contributed by atoms with E-state index in [0.717, 1.165) is 0 Å². The summed E-state index contributed by atoms with van der Waals surface area (Å²) in [6.45, 7) is 0. The summed E-state index contributed by atoms with van der Waals surface area (Å²) in [6, 6.07) is 0. The van der Waals surface area contributed by atoms with E-state index in [0.29, 0.717) is 0 Å². The van der Waals surface area contributed by atoms with Crippen LogP contribution in [0.15, 0.2) is 0 Å². The first-order valence-electron chi connectivity index (χ1n) is 0. The van der Waals surface area contributed by atoms with E-state index < -0.39 is 0 Å². The van der Waals surface area contributed by atoms with Crippen LogP contribution in [0.1, 0.15) is 0 Å². The van der Waals surface area contributed by atoms with Crippen LogP contribution in [0.2, 0.25) is 0 Å². The molecule has 0 unspecified atom stereocenters. The van der Waals surface area contributed by atoms with Crippen molar-refractivity contribution in [3.8, 4) is 0 Å². The Hall–Kier alpha value is 1.29. The summed E-state index contributed by atoms with van der Waals surface area (Å²) >= 11 is 0. The Morgan fingerprint density at radius 3 is 0.500 bits per heavy atom. The van der Waals surface area contributed by atoms with E-state index in [-0.39, 0.29) is 66.0 Å². The molecule has 0 aromatic rings. The molecule has 0 radical (unpaired) electrons. The first-order chi connectivity index (χ1) is 0. The average Bonchev–Trinajstić information content (AvgIpc) is 0. The summed E-state index contributed by atoms with van der Waals surface area (Å²) in [5.41, 5.74) is 0. The topological polar surface area (TPSA) is 114 Å². The molecule has 0 amide bonds. The zero-order valence-electron chi connectivity index (χ0n) is 2.75. The van der Waals surface area contributed by atoms with Gasteiger partial charge in [0.05, 0.1) is 0 Å². The van der Waals surface area contributed by atoms with E-state index in [1.165, 1.54) is 0 Å². The Labute approximate surface area is 65.9 Å². The van der Waals surface area contributed by atoms with Crippen molar-refractivity contribution >= 4 is 23.1 Å². The summed E-state index contributed by atoms with van der Waals surface area (Å²) in [5.74, 6) is 0. The summed E-state index contributed by atoms with van der Waals surface area (Å²) in [6.07, 6.45) is 0. The Bertz CT molecular complexity index is 7.51. The fourth-order valence-corrected chi connectivity index (χ4v) is 0. The minimum absolute atomic E-state index is 0. The van der Waals surface area contributed by atoms with Crippen molar-refractivity contribution in [2.24, 2.45) is 0 Å². The molecule has 0 atom stereocenters. The minimum atomic E-state index is 0. The molecule has 0 saturated carbocycles. The Morgan fingerprint density at radius 1 is 0.500 bits per heavy atom. The van der Waals surface area contributed by atoms with Gasteiger partial charge in [0.2, 0.25) is 0 Å². The van der Waals surface area contributed by atoms with Crippen molar-refractivity contribution in [3.63, 3.8) is 0 Å². The van der Waals surface area contributed by atoms with Crippen LogP contribution in [0.25, 0.3) is 0 Å². The summed E-state index contributed by atoms with van der Waals surface area (Å²) in [7, 11) is 0. The number of rotatable bonds is 0. The molecule has 6 heteroatoms. The number of hydrogen-bond donors (Lipinski definition) is 0. The molecule has 0 aliphatic carbocycles. The van der Waals surface area contributed by atoms with Gasteiger partial charge in [-0.15, -0.1) is 0 Å². The second-order valence-electron chi connectivity index (χ2n) is 0. The molecule has 0 saturated heterocycles. The molecule has 6 heavy (non-hydrogen) atoms. The molecule has 0 heterocycles. The smallest absolute Gasteiger partial charge is 2.00 e. The van der Waals surface area contributed by atoms with Crippen LogP contribution >= 0.6 is 0 Å². The van der Waals surface area contributed by atoms with E-state index in [1.807, 2.05) is 0 Å². The van der Waals surface area contributed by atoms with Crippen LogP contribution in [0.4, 0.5) is 0 Å². The van der Waals surface area contributed by atoms with E-state index in [9.17, 15) is 0 Å². The maximum absolute atomic E-state index is 0. The summed E-state index contributed by atoms with van der Waals surface area (Å²) in [4.78, 5) is 0. The molecular formula is MgMoO4-6. The predicted molar refractivity (Wildman–Crippen MR) is 8.50 cm³/mol. The van der Waals surface area contributed by atoms with Crippen LogP contribution in [-0.2, 0) is 43.0 Å². The van der Waals surface area contributed by atoms with Crippen LogP contribution < -0.4 is 0 Å². The third-order valence-electron chi connectivity index (χ3n) is 0. The summed E-state index contributed by atoms with van der Waals surface area (Å²) < 4.78 is 0. The molecule has 0 N–H and O–H groups in total. The molecule has 0 aliphatic rings. The van der Waals surface area contributed by atoms with Gasteiger partial charge in [-0.1, -0.05) is 0 Å². The fraction of sp³-hybridized carbons (Fsp3) is 0. The molecule has 4 nitrogen and oxygen atoms in total. The average molecular weight is 184 g/mol. The van der Waals surface area contributed by atoms with E-state index in [1.54, 1.807) is 0 Å². The van der Waals surface area contributed by atoms with Crippen molar-refractivity contribution < 1.29 is 43.0 Å². The third kappa shape index (κ3) is 58.3. The molecule has 0 aliphatic heterocycles. The molecule has 38 valence electrons. The van der Waals surface area contributed by atoms with E-state index in [4.69, 9.17) is 0 Å². The predicted octanol–water partition coefficient (Wildman–Crippen LogP) is -0.859. The maximum Gasteiger partial charge on any atom is 2.00 e. The Kier molecular flexibility index (Phi) is 3030. The van der Waals surface area contributed by atoms with Gasteiger partial charge in [0.15, 0.2) is 0 Å². The number of hydrogen-bond acceptors (Lipinski definition) is 0. The van der Waals surface area contributed by atoms with Crippen molar-refractivity contribution in [2.75, 3.05) is 0 Å². The Balaban J connectivity index is 0.